The summed E-state index contributed by atoms with van der Waals surface area (Å²) in [4.78, 5) is 28.3. The zero-order chi connectivity index (χ0) is 20.8. The van der Waals surface area contributed by atoms with Crippen LogP contribution in [0.25, 0.3) is 0 Å². The Hall–Kier alpha value is -2.32. The standard InChI is InChI=1S/C21H32N4O4/c1-15-8-9-16(22-20(26)24(2)13-17-6-4-10-28-17)12-19(15)23-21(27)25(3)14-18-7-5-11-29-18/h8-9,12,17-18H,4-7,10-11,13-14H2,1-3H3,(H,22,26)(H,23,27)/t17-,18+/m0/s1. The van der Waals surface area contributed by atoms with Crippen molar-refractivity contribution >= 4 is 23.4 Å². The molecule has 0 saturated carbocycles. The van der Waals surface area contributed by atoms with Crippen LogP contribution in [0.4, 0.5) is 21.0 Å². The van der Waals surface area contributed by atoms with Crippen molar-refractivity contribution in [2.45, 2.75) is 44.8 Å². The van der Waals surface area contributed by atoms with Crippen molar-refractivity contribution in [2.75, 3.05) is 51.0 Å². The van der Waals surface area contributed by atoms with Crippen molar-refractivity contribution in [1.29, 1.82) is 0 Å². The maximum atomic E-state index is 12.5. The van der Waals surface area contributed by atoms with Crippen LogP contribution in [0, 0.1) is 6.92 Å². The van der Waals surface area contributed by atoms with E-state index in [0.717, 1.165) is 44.5 Å². The van der Waals surface area contributed by atoms with Crippen LogP contribution >= 0.6 is 0 Å². The predicted octanol–water partition coefficient (Wildman–Crippen LogP) is 3.28. The van der Waals surface area contributed by atoms with E-state index in [-0.39, 0.29) is 24.3 Å². The molecule has 8 nitrogen and oxygen atoms in total. The van der Waals surface area contributed by atoms with Gasteiger partial charge >= 0.3 is 12.1 Å². The van der Waals surface area contributed by atoms with Crippen LogP contribution in [0.3, 0.4) is 0 Å². The summed E-state index contributed by atoms with van der Waals surface area (Å²) in [5.74, 6) is 0. The Morgan fingerprint density at radius 1 is 0.966 bits per heavy atom. The summed E-state index contributed by atoms with van der Waals surface area (Å²) >= 11 is 0. The topological polar surface area (TPSA) is 83.1 Å². The highest BCUT2D eigenvalue weighted by Crippen LogP contribution is 2.22. The maximum Gasteiger partial charge on any atom is 0.321 e. The Bertz CT molecular complexity index is 715. The Balaban J connectivity index is 1.55. The minimum absolute atomic E-state index is 0.108. The highest BCUT2D eigenvalue weighted by molar-refractivity contribution is 5.93. The predicted molar refractivity (Wildman–Crippen MR) is 112 cm³/mol. The van der Waals surface area contributed by atoms with Gasteiger partial charge in [-0.1, -0.05) is 6.07 Å². The van der Waals surface area contributed by atoms with Gasteiger partial charge in [-0.3, -0.25) is 0 Å². The molecule has 2 heterocycles. The average Bonchev–Trinajstić information content (AvgIpc) is 3.38. The molecule has 2 N–H and O–H groups in total. The number of ether oxygens (including phenoxy) is 2. The number of hydrogen-bond acceptors (Lipinski definition) is 4. The average molecular weight is 405 g/mol. The number of likely N-dealkylation sites (N-methyl/N-ethyl adjacent to an activating group) is 2. The van der Waals surface area contributed by atoms with E-state index in [9.17, 15) is 9.59 Å². The summed E-state index contributed by atoms with van der Waals surface area (Å²) in [5.41, 5.74) is 2.24. The van der Waals surface area contributed by atoms with E-state index in [0.29, 0.717) is 24.5 Å². The van der Waals surface area contributed by atoms with Crippen molar-refractivity contribution in [1.82, 2.24) is 9.80 Å². The Morgan fingerprint density at radius 3 is 2.03 bits per heavy atom. The van der Waals surface area contributed by atoms with Gasteiger partial charge in [0.15, 0.2) is 0 Å². The van der Waals surface area contributed by atoms with Gasteiger partial charge in [-0.2, -0.15) is 0 Å². The van der Waals surface area contributed by atoms with Gasteiger partial charge in [0.1, 0.15) is 0 Å². The highest BCUT2D eigenvalue weighted by Gasteiger charge is 2.22. The normalized spacial score (nSPS) is 21.1. The lowest BCUT2D eigenvalue weighted by Crippen LogP contribution is -2.37. The fourth-order valence-corrected chi connectivity index (χ4v) is 3.62. The van der Waals surface area contributed by atoms with Gasteiger partial charge in [-0.15, -0.1) is 0 Å². The minimum atomic E-state index is -0.197. The summed E-state index contributed by atoms with van der Waals surface area (Å²) in [6.07, 6.45) is 4.27. The highest BCUT2D eigenvalue weighted by atomic mass is 16.5. The third-order valence-corrected chi connectivity index (χ3v) is 5.43. The van der Waals surface area contributed by atoms with Gasteiger partial charge in [0, 0.05) is 51.8 Å². The lowest BCUT2D eigenvalue weighted by atomic mass is 10.2. The summed E-state index contributed by atoms with van der Waals surface area (Å²) < 4.78 is 11.2. The van der Waals surface area contributed by atoms with Crippen LogP contribution in [0.2, 0.25) is 0 Å². The number of carbonyl (C=O) groups is 2. The third-order valence-electron chi connectivity index (χ3n) is 5.43. The molecule has 2 aliphatic rings. The number of benzene rings is 1. The SMILES string of the molecule is Cc1ccc(NC(=O)N(C)C[C@@H]2CCCO2)cc1NC(=O)N(C)C[C@H]1CCCO1. The molecule has 4 amide bonds. The molecule has 0 spiro atoms. The number of carbonyl (C=O) groups excluding carboxylic acids is 2. The molecular formula is C21H32N4O4. The van der Waals surface area contributed by atoms with E-state index in [4.69, 9.17) is 9.47 Å². The molecule has 3 rings (SSSR count). The van der Waals surface area contributed by atoms with Crippen molar-refractivity contribution in [3.8, 4) is 0 Å². The van der Waals surface area contributed by atoms with Crippen LogP contribution in [0.15, 0.2) is 18.2 Å². The number of aryl methyl sites for hydroxylation is 1. The summed E-state index contributed by atoms with van der Waals surface area (Å²) in [6, 6.07) is 5.11. The Morgan fingerprint density at radius 2 is 1.52 bits per heavy atom. The molecule has 2 aliphatic heterocycles. The van der Waals surface area contributed by atoms with Gasteiger partial charge in [0.25, 0.3) is 0 Å². The molecular weight excluding hydrogens is 372 g/mol. The lowest BCUT2D eigenvalue weighted by molar-refractivity contribution is 0.0894. The molecule has 2 atom stereocenters. The van der Waals surface area contributed by atoms with Gasteiger partial charge in [0.2, 0.25) is 0 Å². The van der Waals surface area contributed by atoms with Crippen LogP contribution in [0.1, 0.15) is 31.2 Å². The van der Waals surface area contributed by atoms with Crippen LogP contribution in [-0.4, -0.2) is 74.5 Å². The second-order valence-corrected chi connectivity index (χ2v) is 7.92. The van der Waals surface area contributed by atoms with Crippen LogP contribution in [0.5, 0.6) is 0 Å². The van der Waals surface area contributed by atoms with Gasteiger partial charge < -0.3 is 29.9 Å². The first-order valence-electron chi connectivity index (χ1n) is 10.3. The zero-order valence-corrected chi connectivity index (χ0v) is 17.6. The second-order valence-electron chi connectivity index (χ2n) is 7.92. The molecule has 2 fully saturated rings. The molecule has 1 aromatic carbocycles. The second kappa shape index (κ2) is 9.93. The molecule has 0 aromatic heterocycles. The number of anilines is 2. The number of nitrogens with zero attached hydrogens (tertiary/aromatic N) is 2. The quantitative estimate of drug-likeness (QED) is 0.762. The smallest absolute Gasteiger partial charge is 0.321 e. The number of urea groups is 2. The van der Waals surface area contributed by atoms with Crippen molar-refractivity contribution in [2.24, 2.45) is 0 Å². The molecule has 160 valence electrons. The van der Waals surface area contributed by atoms with Crippen molar-refractivity contribution < 1.29 is 19.1 Å². The molecule has 0 unspecified atom stereocenters. The van der Waals surface area contributed by atoms with Crippen LogP contribution in [-0.2, 0) is 9.47 Å². The van der Waals surface area contributed by atoms with E-state index < -0.39 is 0 Å². The largest absolute Gasteiger partial charge is 0.376 e. The van der Waals surface area contributed by atoms with Gasteiger partial charge in [0.05, 0.1) is 12.2 Å². The van der Waals surface area contributed by atoms with Gasteiger partial charge in [-0.05, 0) is 50.3 Å². The maximum absolute atomic E-state index is 12.5. The van der Waals surface area contributed by atoms with Crippen LogP contribution < -0.4 is 10.6 Å². The zero-order valence-electron chi connectivity index (χ0n) is 17.6. The number of rotatable bonds is 6. The minimum Gasteiger partial charge on any atom is -0.376 e. The van der Waals surface area contributed by atoms with E-state index >= 15 is 0 Å². The Kier molecular flexibility index (Phi) is 7.33. The summed E-state index contributed by atoms with van der Waals surface area (Å²) in [7, 11) is 3.52. The monoisotopic (exact) mass is 404 g/mol. The first-order valence-corrected chi connectivity index (χ1v) is 10.3. The van der Waals surface area contributed by atoms with Gasteiger partial charge in [-0.25, -0.2) is 9.59 Å². The first kappa shape index (κ1) is 21.4. The summed E-state index contributed by atoms with van der Waals surface area (Å²) in [6.45, 7) is 4.58. The third kappa shape index (κ3) is 6.08. The molecule has 0 aliphatic carbocycles. The lowest BCUT2D eigenvalue weighted by Gasteiger charge is -2.23. The van der Waals surface area contributed by atoms with E-state index in [1.807, 2.05) is 19.1 Å². The molecule has 0 radical (unpaired) electrons. The fourth-order valence-electron chi connectivity index (χ4n) is 3.62. The fraction of sp³-hybridized carbons (Fsp3) is 0.619. The van der Waals surface area contributed by atoms with E-state index in [1.165, 1.54) is 0 Å². The molecule has 0 bridgehead atoms. The van der Waals surface area contributed by atoms with Crippen molar-refractivity contribution in [3.63, 3.8) is 0 Å². The molecule has 8 heteroatoms. The number of amides is 4. The molecule has 2 saturated heterocycles. The first-order chi connectivity index (χ1) is 13.9. The van der Waals surface area contributed by atoms with Crippen molar-refractivity contribution in [3.05, 3.63) is 23.8 Å². The number of nitrogens with one attached hydrogen (secondary N) is 2. The Labute approximate surface area is 172 Å². The number of hydrogen-bond donors (Lipinski definition) is 2. The van der Waals surface area contributed by atoms with E-state index in [1.54, 1.807) is 30.0 Å². The van der Waals surface area contributed by atoms with E-state index in [2.05, 4.69) is 10.6 Å². The summed E-state index contributed by atoms with van der Waals surface area (Å²) in [5, 5.41) is 5.82. The molecule has 1 aromatic rings. The molecule has 29 heavy (non-hydrogen) atoms.